The summed E-state index contributed by atoms with van der Waals surface area (Å²) in [6.07, 6.45) is 1.08. The summed E-state index contributed by atoms with van der Waals surface area (Å²) in [5.74, 6) is 0. The van der Waals surface area contributed by atoms with Crippen molar-refractivity contribution in [2.75, 3.05) is 5.73 Å². The third-order valence-electron chi connectivity index (χ3n) is 1.48. The Morgan fingerprint density at radius 1 is 1.62 bits per heavy atom. The Kier molecular flexibility index (Phi) is 3.18. The van der Waals surface area contributed by atoms with E-state index in [1.165, 1.54) is 0 Å². The number of nitrogens with one attached hydrogen (secondary N) is 1. The molecule has 0 fully saturated rings. The molecule has 0 atom stereocenters. The second-order valence-corrected chi connectivity index (χ2v) is 3.42. The number of nitrogens with two attached hydrogens (primary N) is 1. The lowest BCUT2D eigenvalue weighted by Crippen LogP contribution is -1.94. The minimum Gasteiger partial charge on any atom is -0.398 e. The summed E-state index contributed by atoms with van der Waals surface area (Å²) < 4.78 is 0. The number of halogens is 1. The molecule has 3 N–H and O–H groups in total. The van der Waals surface area contributed by atoms with E-state index in [1.807, 2.05) is 5.40 Å². The van der Waals surface area contributed by atoms with Gasteiger partial charge in [-0.2, -0.15) is 5.26 Å². The first-order chi connectivity index (χ1) is 6.20. The molecule has 1 rings (SSSR count). The van der Waals surface area contributed by atoms with E-state index in [2.05, 4.69) is 0 Å². The molecule has 0 bridgehead atoms. The molecule has 0 spiro atoms. The Morgan fingerprint density at radius 2 is 2.31 bits per heavy atom. The summed E-state index contributed by atoms with van der Waals surface area (Å²) in [6.45, 7) is 0. The zero-order valence-electron chi connectivity index (χ0n) is 6.54. The molecule has 0 radical (unpaired) electrons. The molecule has 0 aliphatic carbocycles. The van der Waals surface area contributed by atoms with Crippen molar-refractivity contribution in [2.24, 2.45) is 0 Å². The van der Waals surface area contributed by atoms with Gasteiger partial charge >= 0.3 is 0 Å². The summed E-state index contributed by atoms with van der Waals surface area (Å²) in [6, 6.07) is 3.30. The van der Waals surface area contributed by atoms with Crippen LogP contribution in [0.5, 0.6) is 0 Å². The Bertz CT molecular complexity index is 384. The Hall–Kier alpha value is -1.18. The number of hydrogen-bond acceptors (Lipinski definition) is 4. The molecule has 0 saturated carbocycles. The number of anilines is 1. The van der Waals surface area contributed by atoms with E-state index in [4.69, 9.17) is 28.0 Å². The third kappa shape index (κ3) is 1.94. The van der Waals surface area contributed by atoms with Gasteiger partial charge in [-0.15, -0.1) is 0 Å². The lowest BCUT2D eigenvalue weighted by Gasteiger charge is -2.04. The van der Waals surface area contributed by atoms with Crippen molar-refractivity contribution in [2.45, 2.75) is 4.90 Å². The average Bonchev–Trinajstić information content (AvgIpc) is 2.11. The van der Waals surface area contributed by atoms with Crippen molar-refractivity contribution >= 4 is 35.3 Å². The fourth-order valence-corrected chi connectivity index (χ4v) is 1.64. The van der Waals surface area contributed by atoms with Crippen molar-refractivity contribution in [1.29, 1.82) is 10.7 Å². The van der Waals surface area contributed by atoms with E-state index < -0.39 is 0 Å². The maximum atomic E-state index is 8.44. The van der Waals surface area contributed by atoms with Gasteiger partial charge < -0.3 is 11.1 Å². The maximum Gasteiger partial charge on any atom is 0.138 e. The number of benzene rings is 1. The largest absolute Gasteiger partial charge is 0.398 e. The molecule has 0 aromatic heterocycles. The van der Waals surface area contributed by atoms with Gasteiger partial charge in [0.15, 0.2) is 0 Å². The Morgan fingerprint density at radius 3 is 2.85 bits per heavy atom. The quantitative estimate of drug-likeness (QED) is 0.342. The van der Waals surface area contributed by atoms with Gasteiger partial charge in [0.05, 0.1) is 5.02 Å². The van der Waals surface area contributed by atoms with Gasteiger partial charge in [0.1, 0.15) is 5.40 Å². The minimum atomic E-state index is 0.363. The first-order valence-corrected chi connectivity index (χ1v) is 4.54. The van der Waals surface area contributed by atoms with Crippen LogP contribution in [0.3, 0.4) is 0 Å². The van der Waals surface area contributed by atoms with E-state index in [1.54, 1.807) is 12.1 Å². The second-order valence-electron chi connectivity index (χ2n) is 2.22. The van der Waals surface area contributed by atoms with Crippen LogP contribution in [0, 0.1) is 16.1 Å². The van der Waals surface area contributed by atoms with E-state index in [0.717, 1.165) is 18.0 Å². The van der Waals surface area contributed by atoms with Crippen LogP contribution in [0.1, 0.15) is 5.56 Å². The monoisotopic (exact) mass is 211 g/mol. The van der Waals surface area contributed by atoms with Crippen molar-refractivity contribution < 1.29 is 0 Å². The molecular weight excluding hydrogens is 206 g/mol. The second kappa shape index (κ2) is 4.17. The molecule has 1 aromatic rings. The summed E-state index contributed by atoms with van der Waals surface area (Å²) in [4.78, 5) is 0.622. The molecule has 0 unspecified atom stereocenters. The van der Waals surface area contributed by atoms with E-state index in [-0.39, 0.29) is 0 Å². The normalized spacial score (nSPS) is 9.23. The van der Waals surface area contributed by atoms with Crippen LogP contribution in [0.15, 0.2) is 17.0 Å². The third-order valence-corrected chi connectivity index (χ3v) is 2.65. The SMILES string of the molecule is N#CSc1ccc(N)c(C=N)c1Cl. The number of thioether (sulfide) groups is 1. The van der Waals surface area contributed by atoms with Gasteiger partial charge in [-0.25, -0.2) is 0 Å². The van der Waals surface area contributed by atoms with Crippen molar-refractivity contribution in [3.05, 3.63) is 22.7 Å². The molecule has 1 aromatic carbocycles. The van der Waals surface area contributed by atoms with Gasteiger partial charge in [-0.05, 0) is 23.9 Å². The topological polar surface area (TPSA) is 73.7 Å². The van der Waals surface area contributed by atoms with Crippen LogP contribution in [0.2, 0.25) is 5.02 Å². The molecule has 0 aliphatic heterocycles. The van der Waals surface area contributed by atoms with Crippen LogP contribution in [0.25, 0.3) is 0 Å². The van der Waals surface area contributed by atoms with Crippen LogP contribution >= 0.6 is 23.4 Å². The number of nitriles is 1. The molecule has 0 heterocycles. The summed E-state index contributed by atoms with van der Waals surface area (Å²) in [7, 11) is 0. The Balaban J connectivity index is 3.28. The smallest absolute Gasteiger partial charge is 0.138 e. The van der Waals surface area contributed by atoms with Gasteiger partial charge in [-0.1, -0.05) is 11.6 Å². The lowest BCUT2D eigenvalue weighted by atomic mass is 10.2. The molecule has 13 heavy (non-hydrogen) atoms. The van der Waals surface area contributed by atoms with Crippen molar-refractivity contribution in [1.82, 2.24) is 0 Å². The summed E-state index contributed by atoms with van der Waals surface area (Å²) >= 11 is 6.84. The van der Waals surface area contributed by atoms with Crippen LogP contribution in [0.4, 0.5) is 5.69 Å². The predicted octanol–water partition coefficient (Wildman–Crippen LogP) is 2.49. The van der Waals surface area contributed by atoms with E-state index in [9.17, 15) is 0 Å². The average molecular weight is 212 g/mol. The fourth-order valence-electron chi connectivity index (χ4n) is 0.863. The van der Waals surface area contributed by atoms with Gasteiger partial charge in [0.25, 0.3) is 0 Å². The van der Waals surface area contributed by atoms with E-state index in [0.29, 0.717) is 21.2 Å². The number of nitrogens with zero attached hydrogens (tertiary/aromatic N) is 1. The van der Waals surface area contributed by atoms with Gasteiger partial charge in [0, 0.05) is 22.4 Å². The maximum absolute atomic E-state index is 8.44. The number of hydrogen-bond donors (Lipinski definition) is 2. The number of rotatable bonds is 2. The molecule has 66 valence electrons. The molecule has 0 saturated heterocycles. The highest BCUT2D eigenvalue weighted by molar-refractivity contribution is 8.03. The summed E-state index contributed by atoms with van der Waals surface area (Å²) in [5, 5.41) is 17.8. The van der Waals surface area contributed by atoms with Gasteiger partial charge in [-0.3, -0.25) is 0 Å². The summed E-state index contributed by atoms with van der Waals surface area (Å²) in [5.41, 5.74) is 6.48. The molecule has 5 heteroatoms. The van der Waals surface area contributed by atoms with Crippen molar-refractivity contribution in [3.63, 3.8) is 0 Å². The fraction of sp³-hybridized carbons (Fsp3) is 0. The predicted molar refractivity (Wildman–Crippen MR) is 55.2 cm³/mol. The zero-order chi connectivity index (χ0) is 9.84. The minimum absolute atomic E-state index is 0.363. The standard InChI is InChI=1S/C8H6ClN3S/c9-8-5(3-10)6(12)1-2-7(8)13-4-11/h1-3,10H,12H2. The molecule has 3 nitrogen and oxygen atoms in total. The number of thiocyanates is 1. The molecular formula is C8H6ClN3S. The molecule has 0 amide bonds. The van der Waals surface area contributed by atoms with Gasteiger partial charge in [0.2, 0.25) is 0 Å². The number of nitrogen functional groups attached to an aromatic ring is 1. The van der Waals surface area contributed by atoms with Crippen LogP contribution in [-0.4, -0.2) is 6.21 Å². The Labute approximate surface area is 85.0 Å². The molecule has 0 aliphatic rings. The highest BCUT2D eigenvalue weighted by Crippen LogP contribution is 2.31. The van der Waals surface area contributed by atoms with Crippen molar-refractivity contribution in [3.8, 4) is 5.40 Å². The lowest BCUT2D eigenvalue weighted by molar-refractivity contribution is 1.43. The van der Waals surface area contributed by atoms with Crippen LogP contribution < -0.4 is 5.73 Å². The highest BCUT2D eigenvalue weighted by Gasteiger charge is 2.07. The first-order valence-electron chi connectivity index (χ1n) is 3.35. The first kappa shape index (κ1) is 9.90. The van der Waals surface area contributed by atoms with E-state index >= 15 is 0 Å². The van der Waals surface area contributed by atoms with Crippen LogP contribution in [-0.2, 0) is 0 Å². The zero-order valence-corrected chi connectivity index (χ0v) is 8.12. The highest BCUT2D eigenvalue weighted by atomic mass is 35.5.